The van der Waals surface area contributed by atoms with E-state index in [0.29, 0.717) is 6.04 Å². The molecule has 0 radical (unpaired) electrons. The molecule has 0 aromatic rings. The first-order chi connectivity index (χ1) is 6.02. The van der Waals surface area contributed by atoms with E-state index in [1.807, 2.05) is 6.92 Å². The van der Waals surface area contributed by atoms with Gasteiger partial charge in [0.05, 0.1) is 0 Å². The van der Waals surface area contributed by atoms with Crippen LogP contribution in [0.4, 0.5) is 0 Å². The number of carbonyl (C=O) groups excluding carboxylic acids is 1. The fourth-order valence-corrected chi connectivity index (χ4v) is 1.28. The number of hydrazine groups is 1. The van der Waals surface area contributed by atoms with Crippen LogP contribution in [0.3, 0.4) is 0 Å². The number of nitrogens with one attached hydrogen (secondary N) is 1. The van der Waals surface area contributed by atoms with Crippen molar-refractivity contribution in [2.24, 2.45) is 11.8 Å². The molecule has 0 spiro atoms. The Kier molecular flexibility index (Phi) is 5.66. The van der Waals surface area contributed by atoms with Crippen molar-refractivity contribution in [2.45, 2.75) is 33.7 Å². The zero-order valence-electron chi connectivity index (χ0n) is 9.00. The number of rotatable bonds is 5. The second-order valence-corrected chi connectivity index (χ2v) is 3.59. The van der Waals surface area contributed by atoms with E-state index in [0.717, 1.165) is 13.1 Å². The molecule has 0 fully saturated rings. The molecular weight excluding hydrogens is 166 g/mol. The Bertz CT molecular complexity index is 159. The van der Waals surface area contributed by atoms with Crippen LogP contribution in [0.15, 0.2) is 0 Å². The van der Waals surface area contributed by atoms with Crippen molar-refractivity contribution in [2.75, 3.05) is 13.1 Å². The van der Waals surface area contributed by atoms with Crippen LogP contribution in [0.1, 0.15) is 27.7 Å². The normalized spacial score (nSPS) is 13.5. The number of nitrogens with two attached hydrogens (primary N) is 1. The van der Waals surface area contributed by atoms with E-state index in [2.05, 4.69) is 31.1 Å². The average Bonchev–Trinajstić information content (AvgIpc) is 2.11. The molecule has 0 heterocycles. The molecule has 0 saturated heterocycles. The van der Waals surface area contributed by atoms with Crippen molar-refractivity contribution in [1.82, 2.24) is 10.3 Å². The van der Waals surface area contributed by atoms with E-state index in [9.17, 15) is 4.79 Å². The zero-order valence-corrected chi connectivity index (χ0v) is 9.00. The summed E-state index contributed by atoms with van der Waals surface area (Å²) < 4.78 is 0. The topological polar surface area (TPSA) is 58.4 Å². The number of hydrogen-bond donors (Lipinski definition) is 2. The Hall–Kier alpha value is -0.610. The van der Waals surface area contributed by atoms with E-state index >= 15 is 0 Å². The minimum atomic E-state index is -0.0981. The van der Waals surface area contributed by atoms with Crippen LogP contribution in [0.25, 0.3) is 0 Å². The van der Waals surface area contributed by atoms with Crippen LogP contribution in [-0.4, -0.2) is 29.9 Å². The highest BCUT2D eigenvalue weighted by atomic mass is 16.2. The summed E-state index contributed by atoms with van der Waals surface area (Å²) in [6, 6.07) is 0.470. The second-order valence-electron chi connectivity index (χ2n) is 3.59. The van der Waals surface area contributed by atoms with E-state index in [-0.39, 0.29) is 11.8 Å². The lowest BCUT2D eigenvalue weighted by Gasteiger charge is -2.27. The minimum absolute atomic E-state index is 0.0488. The molecule has 4 heteroatoms. The lowest BCUT2D eigenvalue weighted by atomic mass is 10.1. The summed E-state index contributed by atoms with van der Waals surface area (Å²) in [5.74, 6) is 4.90. The summed E-state index contributed by atoms with van der Waals surface area (Å²) in [5, 5.41) is 0. The van der Waals surface area contributed by atoms with E-state index < -0.39 is 0 Å². The van der Waals surface area contributed by atoms with Gasteiger partial charge < -0.3 is 4.90 Å². The molecule has 0 saturated carbocycles. The van der Waals surface area contributed by atoms with Gasteiger partial charge in [0.15, 0.2) is 0 Å². The predicted molar refractivity (Wildman–Crippen MR) is 53.9 cm³/mol. The average molecular weight is 187 g/mol. The third kappa shape index (κ3) is 4.24. The highest BCUT2D eigenvalue weighted by Crippen LogP contribution is 2.03. The third-order valence-corrected chi connectivity index (χ3v) is 2.23. The van der Waals surface area contributed by atoms with Gasteiger partial charge in [-0.2, -0.15) is 0 Å². The first-order valence-corrected chi connectivity index (χ1v) is 4.77. The maximum Gasteiger partial charge on any atom is 0.237 e. The fourth-order valence-electron chi connectivity index (χ4n) is 1.28. The van der Waals surface area contributed by atoms with Crippen LogP contribution in [0.5, 0.6) is 0 Å². The molecule has 3 N–H and O–H groups in total. The zero-order chi connectivity index (χ0) is 10.4. The van der Waals surface area contributed by atoms with Crippen LogP contribution >= 0.6 is 0 Å². The van der Waals surface area contributed by atoms with E-state index in [1.165, 1.54) is 0 Å². The number of nitrogens with zero attached hydrogens (tertiary/aromatic N) is 1. The molecule has 0 aromatic carbocycles. The van der Waals surface area contributed by atoms with Gasteiger partial charge in [0, 0.05) is 18.5 Å². The van der Waals surface area contributed by atoms with Crippen LogP contribution in [0.2, 0.25) is 0 Å². The monoisotopic (exact) mass is 187 g/mol. The van der Waals surface area contributed by atoms with Gasteiger partial charge in [-0.25, -0.2) is 5.84 Å². The Labute approximate surface area is 80.4 Å². The maximum absolute atomic E-state index is 11.1. The lowest BCUT2D eigenvalue weighted by molar-refractivity contribution is -0.125. The smallest absolute Gasteiger partial charge is 0.237 e. The molecule has 78 valence electrons. The minimum Gasteiger partial charge on any atom is -0.300 e. The van der Waals surface area contributed by atoms with E-state index in [4.69, 9.17) is 5.84 Å². The largest absolute Gasteiger partial charge is 0.300 e. The number of amides is 1. The first-order valence-electron chi connectivity index (χ1n) is 4.77. The van der Waals surface area contributed by atoms with Gasteiger partial charge in [-0.05, 0) is 20.4 Å². The highest BCUT2D eigenvalue weighted by molar-refractivity contribution is 5.77. The molecule has 0 aliphatic heterocycles. The standard InChI is InChI=1S/C9H21N3O/c1-5-12(7(2)3)6-8(4)9(13)11-10/h7-8H,5-6,10H2,1-4H3,(H,11,13). The molecule has 0 aliphatic rings. The van der Waals surface area contributed by atoms with Crippen molar-refractivity contribution in [3.63, 3.8) is 0 Å². The maximum atomic E-state index is 11.1. The number of hydrogen-bond acceptors (Lipinski definition) is 3. The van der Waals surface area contributed by atoms with Crippen molar-refractivity contribution >= 4 is 5.91 Å². The third-order valence-electron chi connectivity index (χ3n) is 2.23. The molecular formula is C9H21N3O. The van der Waals surface area contributed by atoms with Crippen molar-refractivity contribution in [3.8, 4) is 0 Å². The molecule has 0 bridgehead atoms. The van der Waals surface area contributed by atoms with Gasteiger partial charge >= 0.3 is 0 Å². The Morgan fingerprint density at radius 2 is 2.00 bits per heavy atom. The molecule has 1 amide bonds. The SMILES string of the molecule is CCN(CC(C)C(=O)NN)C(C)C. The van der Waals surface area contributed by atoms with Crippen molar-refractivity contribution in [1.29, 1.82) is 0 Å². The Balaban J connectivity index is 4.00. The fraction of sp³-hybridized carbons (Fsp3) is 0.889. The Morgan fingerprint density at radius 3 is 2.31 bits per heavy atom. The van der Waals surface area contributed by atoms with Gasteiger partial charge in [-0.15, -0.1) is 0 Å². The highest BCUT2D eigenvalue weighted by Gasteiger charge is 2.16. The first kappa shape index (κ1) is 12.4. The summed E-state index contributed by atoms with van der Waals surface area (Å²) in [4.78, 5) is 13.4. The van der Waals surface area contributed by atoms with Crippen LogP contribution < -0.4 is 11.3 Å². The summed E-state index contributed by atoms with van der Waals surface area (Å²) in [6.07, 6.45) is 0. The van der Waals surface area contributed by atoms with Gasteiger partial charge in [0.25, 0.3) is 0 Å². The predicted octanol–water partition coefficient (Wildman–Crippen LogP) is 0.343. The van der Waals surface area contributed by atoms with Crippen molar-refractivity contribution < 1.29 is 4.79 Å². The summed E-state index contributed by atoms with van der Waals surface area (Å²) in [7, 11) is 0. The summed E-state index contributed by atoms with van der Waals surface area (Å²) >= 11 is 0. The molecule has 4 nitrogen and oxygen atoms in total. The lowest BCUT2D eigenvalue weighted by Crippen LogP contribution is -2.42. The van der Waals surface area contributed by atoms with E-state index in [1.54, 1.807) is 0 Å². The van der Waals surface area contributed by atoms with Gasteiger partial charge in [-0.1, -0.05) is 13.8 Å². The molecule has 0 aromatic heterocycles. The molecule has 1 atom stereocenters. The quantitative estimate of drug-likeness (QED) is 0.371. The Morgan fingerprint density at radius 1 is 1.46 bits per heavy atom. The number of carbonyl (C=O) groups is 1. The summed E-state index contributed by atoms with van der Waals surface area (Å²) in [5.41, 5.74) is 2.17. The van der Waals surface area contributed by atoms with Crippen LogP contribution in [-0.2, 0) is 4.79 Å². The second kappa shape index (κ2) is 5.94. The van der Waals surface area contributed by atoms with Gasteiger partial charge in [0.2, 0.25) is 5.91 Å². The van der Waals surface area contributed by atoms with Crippen molar-refractivity contribution in [3.05, 3.63) is 0 Å². The molecule has 0 aliphatic carbocycles. The summed E-state index contributed by atoms with van der Waals surface area (Å²) in [6.45, 7) is 9.94. The van der Waals surface area contributed by atoms with Gasteiger partial charge in [0.1, 0.15) is 0 Å². The molecule has 0 rings (SSSR count). The van der Waals surface area contributed by atoms with Gasteiger partial charge in [-0.3, -0.25) is 10.2 Å². The van der Waals surface area contributed by atoms with Crippen LogP contribution in [0, 0.1) is 5.92 Å². The molecule has 1 unspecified atom stereocenters. The molecule has 13 heavy (non-hydrogen) atoms.